The Bertz CT molecular complexity index is 1040. The maximum absolute atomic E-state index is 13.9. The van der Waals surface area contributed by atoms with Gasteiger partial charge in [-0.3, -0.25) is 9.59 Å². The molecular weight excluding hydrogens is 392 g/mol. The minimum absolute atomic E-state index is 0.111. The Morgan fingerprint density at radius 2 is 1.75 bits per heavy atom. The van der Waals surface area contributed by atoms with E-state index in [2.05, 4.69) is 21.9 Å². The number of rotatable bonds is 7. The molecule has 0 atom stereocenters. The van der Waals surface area contributed by atoms with Crippen LogP contribution >= 0.6 is 0 Å². The summed E-state index contributed by atoms with van der Waals surface area (Å²) >= 11 is 0. The lowest BCUT2D eigenvalue weighted by Crippen LogP contribution is -2.25. The van der Waals surface area contributed by atoms with Crippen molar-refractivity contribution in [1.29, 1.82) is 0 Å². The molecule has 7 nitrogen and oxygen atoms in total. The van der Waals surface area contributed by atoms with Crippen LogP contribution < -0.4 is 15.4 Å². The molecule has 0 saturated carbocycles. The molecule has 2 aromatic carbocycles. The predicted octanol–water partition coefficient (Wildman–Crippen LogP) is 2.64. The molecule has 10 heteroatoms. The zero-order chi connectivity index (χ0) is 20.9. The lowest BCUT2D eigenvalue weighted by Gasteiger charge is -2.11. The zero-order valence-electron chi connectivity index (χ0n) is 14.8. The fourth-order valence-corrected chi connectivity index (χ4v) is 3.29. The Morgan fingerprint density at radius 3 is 2.39 bits per heavy atom. The van der Waals surface area contributed by atoms with Crippen molar-refractivity contribution in [3.8, 4) is 0 Å². The highest BCUT2D eigenvalue weighted by Crippen LogP contribution is 2.21. The molecule has 0 aliphatic carbocycles. The van der Waals surface area contributed by atoms with Gasteiger partial charge in [-0.25, -0.2) is 21.9 Å². The summed E-state index contributed by atoms with van der Waals surface area (Å²) < 4.78 is 54.0. The van der Waals surface area contributed by atoms with Crippen LogP contribution in [0.25, 0.3) is 0 Å². The number of halogens is 2. The molecule has 0 saturated heterocycles. The molecule has 0 spiro atoms. The van der Waals surface area contributed by atoms with Crippen LogP contribution in [-0.4, -0.2) is 26.8 Å². The van der Waals surface area contributed by atoms with Crippen LogP contribution in [-0.2, 0) is 14.8 Å². The highest BCUT2D eigenvalue weighted by atomic mass is 32.2. The largest absolute Gasteiger partial charge is 0.324 e. The van der Waals surface area contributed by atoms with Crippen molar-refractivity contribution in [3.05, 3.63) is 66.3 Å². The summed E-state index contributed by atoms with van der Waals surface area (Å²) in [7, 11) is -4.18. The molecule has 0 bridgehead atoms. The number of amides is 2. The summed E-state index contributed by atoms with van der Waals surface area (Å²) in [4.78, 5) is 22.8. The molecule has 148 valence electrons. The summed E-state index contributed by atoms with van der Waals surface area (Å²) in [5, 5.41) is 4.70. The van der Waals surface area contributed by atoms with Crippen molar-refractivity contribution in [2.75, 3.05) is 17.2 Å². The van der Waals surface area contributed by atoms with Gasteiger partial charge in [0.1, 0.15) is 16.5 Å². The van der Waals surface area contributed by atoms with Crippen molar-refractivity contribution in [1.82, 2.24) is 4.72 Å². The van der Waals surface area contributed by atoms with Gasteiger partial charge in [0.15, 0.2) is 0 Å². The Labute approximate surface area is 160 Å². The highest BCUT2D eigenvalue weighted by molar-refractivity contribution is 7.89. The predicted molar refractivity (Wildman–Crippen MR) is 100 cm³/mol. The van der Waals surface area contributed by atoms with Crippen LogP contribution in [0.15, 0.2) is 53.9 Å². The molecule has 0 fully saturated rings. The molecule has 2 rings (SSSR count). The van der Waals surface area contributed by atoms with Crippen LogP contribution in [0.2, 0.25) is 0 Å². The Morgan fingerprint density at radius 1 is 1.07 bits per heavy atom. The number of nitrogens with one attached hydrogen (secondary N) is 3. The number of sulfonamides is 1. The average Bonchev–Trinajstić information content (AvgIpc) is 2.62. The van der Waals surface area contributed by atoms with E-state index in [9.17, 15) is 26.8 Å². The standard InChI is InChI=1S/C18H17F2N3O4S/c1-3-8-21-28(26,27)17-9-12(4-6-15(17)20)18(25)23-13-5-7-14(19)16(10-13)22-11(2)24/h3-7,9-10,21H,1,8H2,2H3,(H,22,24)(H,23,25). The second kappa shape index (κ2) is 8.72. The highest BCUT2D eigenvalue weighted by Gasteiger charge is 2.21. The van der Waals surface area contributed by atoms with Crippen LogP contribution in [0, 0.1) is 11.6 Å². The van der Waals surface area contributed by atoms with Crippen LogP contribution in [0.4, 0.5) is 20.2 Å². The van der Waals surface area contributed by atoms with E-state index >= 15 is 0 Å². The minimum Gasteiger partial charge on any atom is -0.324 e. The van der Waals surface area contributed by atoms with Crippen molar-refractivity contribution >= 4 is 33.2 Å². The van der Waals surface area contributed by atoms with Crippen LogP contribution in [0.1, 0.15) is 17.3 Å². The van der Waals surface area contributed by atoms with E-state index in [-0.39, 0.29) is 23.5 Å². The lowest BCUT2D eigenvalue weighted by molar-refractivity contribution is -0.114. The molecule has 0 aliphatic heterocycles. The molecule has 2 aromatic rings. The SMILES string of the molecule is C=CCNS(=O)(=O)c1cc(C(=O)Nc2ccc(F)c(NC(C)=O)c2)ccc1F. The van der Waals surface area contributed by atoms with Gasteiger partial charge in [0.05, 0.1) is 5.69 Å². The van der Waals surface area contributed by atoms with E-state index in [1.54, 1.807) is 0 Å². The maximum atomic E-state index is 13.9. The lowest BCUT2D eigenvalue weighted by atomic mass is 10.2. The van der Waals surface area contributed by atoms with Crippen molar-refractivity contribution in [3.63, 3.8) is 0 Å². The monoisotopic (exact) mass is 409 g/mol. The van der Waals surface area contributed by atoms with Crippen LogP contribution in [0.5, 0.6) is 0 Å². The molecule has 3 N–H and O–H groups in total. The van der Waals surface area contributed by atoms with E-state index < -0.39 is 38.4 Å². The first-order chi connectivity index (χ1) is 13.1. The molecule has 0 unspecified atom stereocenters. The van der Waals surface area contributed by atoms with Gasteiger partial charge in [0.25, 0.3) is 5.91 Å². The maximum Gasteiger partial charge on any atom is 0.255 e. The first-order valence-electron chi connectivity index (χ1n) is 7.92. The fourth-order valence-electron chi connectivity index (χ4n) is 2.19. The van der Waals surface area contributed by atoms with Crippen molar-refractivity contribution < 1.29 is 26.8 Å². The Balaban J connectivity index is 2.29. The smallest absolute Gasteiger partial charge is 0.255 e. The van der Waals surface area contributed by atoms with Gasteiger partial charge in [0.2, 0.25) is 15.9 Å². The molecular formula is C18H17F2N3O4S. The number of benzene rings is 2. The van der Waals surface area contributed by atoms with Gasteiger partial charge < -0.3 is 10.6 Å². The number of hydrogen-bond donors (Lipinski definition) is 3. The number of carbonyl (C=O) groups is 2. The number of carbonyl (C=O) groups excluding carboxylic acids is 2. The van der Waals surface area contributed by atoms with Crippen molar-refractivity contribution in [2.24, 2.45) is 0 Å². The summed E-state index contributed by atoms with van der Waals surface area (Å²) in [5.41, 5.74) is -0.124. The van der Waals surface area contributed by atoms with E-state index in [0.29, 0.717) is 0 Å². The third-order valence-electron chi connectivity index (χ3n) is 3.44. The molecule has 0 heterocycles. The van der Waals surface area contributed by atoms with E-state index in [1.165, 1.54) is 25.1 Å². The van der Waals surface area contributed by atoms with Gasteiger partial charge in [-0.1, -0.05) is 6.08 Å². The summed E-state index contributed by atoms with van der Waals surface area (Å²) in [6.45, 7) is 4.45. The molecule has 2 amide bonds. The van der Waals surface area contributed by atoms with E-state index in [0.717, 1.165) is 24.3 Å². The zero-order valence-corrected chi connectivity index (χ0v) is 15.6. The van der Waals surface area contributed by atoms with Gasteiger partial charge in [0, 0.05) is 24.7 Å². The third kappa shape index (κ3) is 5.21. The van der Waals surface area contributed by atoms with Crippen molar-refractivity contribution in [2.45, 2.75) is 11.8 Å². The second-order valence-corrected chi connectivity index (χ2v) is 7.35. The second-order valence-electron chi connectivity index (χ2n) is 5.62. The van der Waals surface area contributed by atoms with Gasteiger partial charge in [-0.05, 0) is 36.4 Å². The fraction of sp³-hybridized carbons (Fsp3) is 0.111. The first-order valence-corrected chi connectivity index (χ1v) is 9.41. The number of hydrogen-bond acceptors (Lipinski definition) is 4. The topological polar surface area (TPSA) is 104 Å². The molecule has 0 aliphatic rings. The molecule has 0 radical (unpaired) electrons. The molecule has 28 heavy (non-hydrogen) atoms. The minimum atomic E-state index is -4.18. The molecule has 0 aromatic heterocycles. The van der Waals surface area contributed by atoms with Gasteiger partial charge in [-0.15, -0.1) is 6.58 Å². The third-order valence-corrected chi connectivity index (χ3v) is 4.87. The first kappa shape index (κ1) is 21.2. The van der Waals surface area contributed by atoms with E-state index in [1.807, 2.05) is 0 Å². The van der Waals surface area contributed by atoms with E-state index in [4.69, 9.17) is 0 Å². The van der Waals surface area contributed by atoms with Gasteiger partial charge >= 0.3 is 0 Å². The summed E-state index contributed by atoms with van der Waals surface area (Å²) in [5.74, 6) is -2.97. The summed E-state index contributed by atoms with van der Waals surface area (Å²) in [6, 6.07) is 6.34. The van der Waals surface area contributed by atoms with Crippen LogP contribution in [0.3, 0.4) is 0 Å². The quantitative estimate of drug-likeness (QED) is 0.612. The Kier molecular flexibility index (Phi) is 6.60. The Hall–Kier alpha value is -3.11. The normalized spacial score (nSPS) is 11.0. The van der Waals surface area contributed by atoms with Gasteiger partial charge in [-0.2, -0.15) is 0 Å². The average molecular weight is 409 g/mol. The summed E-state index contributed by atoms with van der Waals surface area (Å²) in [6.07, 6.45) is 1.28. The number of anilines is 2.